The first-order valence-corrected chi connectivity index (χ1v) is 17.1. The molecule has 1 N–H and O–H groups in total. The van der Waals surface area contributed by atoms with Gasteiger partial charge in [-0.25, -0.2) is 4.39 Å². The highest BCUT2D eigenvalue weighted by molar-refractivity contribution is 14.2. The predicted molar refractivity (Wildman–Crippen MR) is 168 cm³/mol. The van der Waals surface area contributed by atoms with Crippen molar-refractivity contribution in [3.63, 3.8) is 0 Å². The molecule has 0 amide bonds. The van der Waals surface area contributed by atoms with Gasteiger partial charge in [-0.15, -0.1) is 0 Å². The number of methoxy groups -OCH3 is 1. The third kappa shape index (κ3) is 48.3. The van der Waals surface area contributed by atoms with Gasteiger partial charge in [0.15, 0.2) is 6.86 Å². The van der Waals surface area contributed by atoms with Crippen molar-refractivity contribution in [1.82, 2.24) is 0 Å². The maximum absolute atomic E-state index is 11.5. The van der Waals surface area contributed by atoms with E-state index in [-0.39, 0.29) is 39.1 Å². The Balaban J connectivity index is -0.0000000467. The van der Waals surface area contributed by atoms with Gasteiger partial charge in [0.2, 0.25) is 12.2 Å². The van der Waals surface area contributed by atoms with Crippen molar-refractivity contribution in [1.29, 1.82) is 0 Å². The number of hydrogen-bond acceptors (Lipinski definition) is 8. The number of halogens is 29. The lowest BCUT2D eigenvalue weighted by molar-refractivity contribution is -0.328. The summed E-state index contributed by atoms with van der Waals surface area (Å²) in [4.78, 5) is 0. The van der Waals surface area contributed by atoms with E-state index in [2.05, 4.69) is 63.1 Å². The van der Waals surface area contributed by atoms with E-state index in [1.807, 2.05) is 0 Å². The molecule has 0 saturated heterocycles. The van der Waals surface area contributed by atoms with Crippen LogP contribution in [0.4, 0.5) is 114 Å². The lowest BCUT2D eigenvalue weighted by atomic mass is 10.3. The number of aliphatic hydroxyl groups is 1. The minimum absolute atomic E-state index is 0. The largest absolute Gasteiger partial charge is 1.00 e. The van der Waals surface area contributed by atoms with Crippen molar-refractivity contribution in [3.8, 4) is 0 Å². The van der Waals surface area contributed by atoms with E-state index in [0.29, 0.717) is 7.11 Å². The van der Waals surface area contributed by atoms with Gasteiger partial charge in [-0.05, 0) is 0 Å². The average Bonchev–Trinajstić information content (AvgIpc) is 2.92. The molecule has 0 fully saturated rings. The minimum Gasteiger partial charge on any atom is -1.00 e. The van der Waals surface area contributed by atoms with E-state index in [9.17, 15) is 118 Å². The molecule has 39 heteroatoms. The average molecular weight is 1160 g/mol. The smallest absolute Gasteiger partial charge is 0.423 e. The molecule has 0 aromatic heterocycles. The predicted octanol–water partition coefficient (Wildman–Crippen LogP) is 9.15. The number of ether oxygens (including phenoxy) is 3. The maximum atomic E-state index is 11.5. The summed E-state index contributed by atoms with van der Waals surface area (Å²) in [6.45, 7) is 0.251. The molecule has 0 rings (SSSR count). The molecule has 0 bridgehead atoms. The Kier molecular flexibility index (Phi) is 54.9. The summed E-state index contributed by atoms with van der Waals surface area (Å²) in [5.41, 5.74) is 0. The lowest BCUT2D eigenvalue weighted by Crippen LogP contribution is -3.00. The van der Waals surface area contributed by atoms with Crippen LogP contribution < -0.4 is 4.70 Å². The second kappa shape index (κ2) is 36.6. The van der Waals surface area contributed by atoms with Gasteiger partial charge in [0.1, 0.15) is 6.07 Å². The van der Waals surface area contributed by atoms with Crippen LogP contribution in [0.5, 0.6) is 0 Å². The van der Waals surface area contributed by atoms with E-state index < -0.39 is 97.2 Å². The third-order valence-corrected chi connectivity index (χ3v) is 4.45. The zero-order chi connectivity index (χ0) is 45.8. The molecule has 0 radical (unpaired) electrons. The molecule has 8 nitrogen and oxygen atoms in total. The molecule has 0 aromatic carbocycles. The van der Waals surface area contributed by atoms with Crippen molar-refractivity contribution in [2.24, 2.45) is 0 Å². The molecule has 0 heterocycles. The molecule has 60 heavy (non-hydrogen) atoms. The summed E-state index contributed by atoms with van der Waals surface area (Å²) in [5.74, 6) is 0. The molecule has 1 unspecified atom stereocenters. The highest BCUT2D eigenvalue weighted by atomic mass is 127. The summed E-state index contributed by atoms with van der Waals surface area (Å²) in [5, 5.41) is 7.47. The van der Waals surface area contributed by atoms with Crippen LogP contribution in [-0.2, 0) is 33.0 Å². The van der Waals surface area contributed by atoms with Crippen molar-refractivity contribution >= 4 is 50.9 Å². The van der Waals surface area contributed by atoms with Gasteiger partial charge in [-0.2, -0.15) is 114 Å². The number of hydrogen-bond donors (Lipinski definition) is 1. The molecule has 384 valence electrons. The summed E-state index contributed by atoms with van der Waals surface area (Å²) >= 11 is 6.65. The first-order valence-electron chi connectivity index (χ1n) is 11.0. The molecule has 0 saturated carbocycles. The molecule has 0 aromatic rings. The standard InChI is InChI=1S/C4H3ClF6O.C4H3F7O.C4H4F6O.C3H2F6O.C2H6O4S.4CH4.2FH.H2IP/c2*5-1-12-2(3(6,7)8)4(9,10)11;1-11-2(3(5,6)7)4(8,9)10;4-2(5,6)1(10)3(7,8)9;1-5-7(3,4)6-2;;;;;;;1-2/h2*2H,1H2;2H,1H3;1,10H;1-2H3;4*1H4;2*1H;2H2/p-1. The Bertz CT molecular complexity index is 950. The molecular formula is C21H37ClF27IO8PS-. The van der Waals surface area contributed by atoms with Crippen LogP contribution in [0.25, 0.3) is 0 Å². The fourth-order valence-electron chi connectivity index (χ4n) is 1.58. The Hall–Kier alpha value is -0.730. The molecule has 0 aliphatic carbocycles. The van der Waals surface area contributed by atoms with Crippen molar-refractivity contribution in [2.75, 3.05) is 34.3 Å². The maximum Gasteiger partial charge on any atom is 0.423 e. The number of alkyl halides is 26. The SMILES string of the molecule is C.C.C.C.COC(C(F)(F)F)C(F)(F)F.COS(=O)(=O)OC.F.FC(F)(F)C(OCCl)C(F)(F)F.FCOC(C(F)(F)F)C(F)(F)F.OC(C(F)(F)F)C(F)(F)F.PI.[F-]. The van der Waals surface area contributed by atoms with Crippen molar-refractivity contribution < 1.29 is 155 Å². The molecule has 0 aliphatic heterocycles. The topological polar surface area (TPSA) is 101 Å². The van der Waals surface area contributed by atoms with E-state index in [1.54, 1.807) is 0 Å². The van der Waals surface area contributed by atoms with Gasteiger partial charge in [-0.3, -0.25) is 13.1 Å². The number of rotatable bonds is 7. The van der Waals surface area contributed by atoms with Crippen LogP contribution in [0.2, 0.25) is 0 Å². The van der Waals surface area contributed by atoms with Crippen LogP contribution in [0, 0.1) is 0 Å². The first-order chi connectivity index (χ1) is 23.4. The summed E-state index contributed by atoms with van der Waals surface area (Å²) in [7, 11) is -1.25. The number of aliphatic hydroxyl groups excluding tert-OH is 1. The summed E-state index contributed by atoms with van der Waals surface area (Å²) in [6, 6.07) is -1.16. The highest BCUT2D eigenvalue weighted by Gasteiger charge is 2.60. The van der Waals surface area contributed by atoms with Gasteiger partial charge in [0.05, 0.1) is 14.2 Å². The van der Waals surface area contributed by atoms with E-state index in [0.717, 1.165) is 14.2 Å². The van der Waals surface area contributed by atoms with Crippen molar-refractivity contribution in [2.45, 2.75) is 104 Å². The van der Waals surface area contributed by atoms with Crippen LogP contribution >= 0.6 is 40.5 Å². The fraction of sp³-hybridized carbons (Fsp3) is 1.00. The molecule has 0 aliphatic rings. The van der Waals surface area contributed by atoms with Crippen LogP contribution in [0.1, 0.15) is 29.7 Å². The van der Waals surface area contributed by atoms with E-state index in [1.165, 1.54) is 0 Å². The van der Waals surface area contributed by atoms with E-state index >= 15 is 0 Å². The normalized spacial score (nSPS) is 12.1. The molecule has 1 atom stereocenters. The summed E-state index contributed by atoms with van der Waals surface area (Å²) in [6.07, 6.45) is -60.0. The second-order valence-corrected chi connectivity index (χ2v) is 9.11. The Labute approximate surface area is 343 Å². The third-order valence-electron chi connectivity index (χ3n) is 3.51. The van der Waals surface area contributed by atoms with Crippen LogP contribution in [0.15, 0.2) is 0 Å². The first kappa shape index (κ1) is 90.1. The minimum atomic E-state index is -5.63. The van der Waals surface area contributed by atoms with Gasteiger partial charge in [-0.1, -0.05) is 70.2 Å². The Morgan fingerprint density at radius 3 is 0.750 bits per heavy atom. The monoisotopic (exact) mass is 1160 g/mol. The zero-order valence-electron chi connectivity index (χ0n) is 26.0. The van der Waals surface area contributed by atoms with Gasteiger partial charge < -0.3 is 24.0 Å². The zero-order valence-corrected chi connectivity index (χ0v) is 30.9. The molecule has 0 spiro atoms. The van der Waals surface area contributed by atoms with E-state index in [4.69, 9.17) is 5.11 Å². The molecular weight excluding hydrogens is 1120 g/mol. The Morgan fingerprint density at radius 2 is 0.717 bits per heavy atom. The highest BCUT2D eigenvalue weighted by Crippen LogP contribution is 2.37. The quantitative estimate of drug-likeness (QED) is 0.117. The van der Waals surface area contributed by atoms with Crippen LogP contribution in [0.3, 0.4) is 0 Å². The van der Waals surface area contributed by atoms with Gasteiger partial charge >= 0.3 is 59.8 Å². The van der Waals surface area contributed by atoms with Crippen molar-refractivity contribution in [3.05, 3.63) is 0 Å². The van der Waals surface area contributed by atoms with Crippen LogP contribution in [-0.4, -0.2) is 122 Å². The fourth-order valence-corrected chi connectivity index (χ4v) is 1.84. The Morgan fingerprint density at radius 1 is 0.517 bits per heavy atom. The van der Waals surface area contributed by atoms with Gasteiger partial charge in [0.25, 0.3) is 12.2 Å². The summed E-state index contributed by atoms with van der Waals surface area (Å²) < 4.78 is 319. The second-order valence-electron chi connectivity index (χ2n) is 7.40. The van der Waals surface area contributed by atoms with Gasteiger partial charge in [0, 0.05) is 7.11 Å². The lowest BCUT2D eigenvalue weighted by Gasteiger charge is -2.21.